The minimum Gasteiger partial charge on any atom is -0.512 e. The number of aryl methyl sites for hydroxylation is 1. The van der Waals surface area contributed by atoms with Gasteiger partial charge in [-0.3, -0.25) is 0 Å². The van der Waals surface area contributed by atoms with E-state index in [1.807, 2.05) is 39.8 Å². The van der Waals surface area contributed by atoms with Gasteiger partial charge in [0.05, 0.1) is 10.6 Å². The van der Waals surface area contributed by atoms with Crippen molar-refractivity contribution in [2.45, 2.75) is 41.0 Å². The van der Waals surface area contributed by atoms with Crippen molar-refractivity contribution in [2.75, 3.05) is 0 Å². The van der Waals surface area contributed by atoms with Crippen LogP contribution in [0.3, 0.4) is 0 Å². The second kappa shape index (κ2) is 12.6. The molecular formula is C26H31ClO5. The first kappa shape index (κ1) is 26.9. The number of phenols is 1. The van der Waals surface area contributed by atoms with Crippen LogP contribution in [-0.4, -0.2) is 21.3 Å². The van der Waals surface area contributed by atoms with Crippen molar-refractivity contribution in [3.8, 4) is 11.5 Å². The number of benzene rings is 2. The average Bonchev–Trinajstić information content (AvgIpc) is 2.77. The van der Waals surface area contributed by atoms with Gasteiger partial charge >= 0.3 is 5.97 Å². The number of hydrogen-bond donors (Lipinski definition) is 3. The quantitative estimate of drug-likeness (QED) is 0.305. The van der Waals surface area contributed by atoms with Gasteiger partial charge in [0.2, 0.25) is 0 Å². The minimum atomic E-state index is -0.833. The van der Waals surface area contributed by atoms with Crippen LogP contribution in [0, 0.1) is 26.7 Å². The van der Waals surface area contributed by atoms with Gasteiger partial charge in [0.1, 0.15) is 23.5 Å². The molecule has 2 aromatic rings. The highest BCUT2D eigenvalue weighted by atomic mass is 35.5. The summed E-state index contributed by atoms with van der Waals surface area (Å²) in [5.74, 6) is -0.171. The number of allylic oxidation sites excluding steroid dienone is 3. The molecule has 0 aromatic heterocycles. The lowest BCUT2D eigenvalue weighted by molar-refractivity contribution is 0.0695. The molecule has 0 saturated heterocycles. The van der Waals surface area contributed by atoms with Crippen molar-refractivity contribution in [1.29, 1.82) is 0 Å². The fraction of sp³-hybridized carbons (Fsp3) is 0.269. The van der Waals surface area contributed by atoms with E-state index in [1.165, 1.54) is 0 Å². The first-order valence-electron chi connectivity index (χ1n) is 10.2. The molecule has 0 bridgehead atoms. The smallest absolute Gasteiger partial charge is 0.335 e. The van der Waals surface area contributed by atoms with Crippen LogP contribution < -0.4 is 4.74 Å². The number of aromatic hydroxyl groups is 1. The Morgan fingerprint density at radius 1 is 1.19 bits per heavy atom. The average molecular weight is 459 g/mol. The molecule has 0 spiro atoms. The Balaban J connectivity index is 0.000000343. The number of carboxylic acid groups (broad SMARTS) is 1. The van der Waals surface area contributed by atoms with E-state index in [1.54, 1.807) is 37.3 Å². The highest BCUT2D eigenvalue weighted by molar-refractivity contribution is 6.32. The van der Waals surface area contributed by atoms with Crippen molar-refractivity contribution in [3.63, 3.8) is 0 Å². The number of halogens is 1. The Hall–Kier alpha value is -3.18. The molecule has 1 atom stereocenters. The molecule has 32 heavy (non-hydrogen) atoms. The van der Waals surface area contributed by atoms with Gasteiger partial charge < -0.3 is 20.1 Å². The van der Waals surface area contributed by atoms with Crippen LogP contribution in [0.2, 0.25) is 5.02 Å². The summed E-state index contributed by atoms with van der Waals surface area (Å²) < 4.78 is 5.60. The van der Waals surface area contributed by atoms with Gasteiger partial charge in [-0.05, 0) is 62.1 Å². The maximum absolute atomic E-state index is 10.8. The number of carbonyl (C=O) groups is 1. The van der Waals surface area contributed by atoms with E-state index in [0.717, 1.165) is 29.4 Å². The highest BCUT2D eigenvalue weighted by Crippen LogP contribution is 2.35. The van der Waals surface area contributed by atoms with Crippen molar-refractivity contribution in [3.05, 3.63) is 93.9 Å². The number of rotatable bonds is 7. The zero-order chi connectivity index (χ0) is 24.4. The number of phenolic OH excluding ortho intramolecular Hbond substituents is 1. The Morgan fingerprint density at radius 2 is 1.84 bits per heavy atom. The molecule has 0 fully saturated rings. The van der Waals surface area contributed by atoms with Crippen LogP contribution in [0.25, 0.3) is 0 Å². The third kappa shape index (κ3) is 6.92. The van der Waals surface area contributed by atoms with Crippen LogP contribution in [0.4, 0.5) is 0 Å². The number of aliphatic hydroxyl groups is 1. The van der Waals surface area contributed by atoms with Gasteiger partial charge in [0, 0.05) is 11.5 Å². The molecule has 0 aliphatic rings. The number of carboxylic acids is 1. The van der Waals surface area contributed by atoms with Crippen LogP contribution >= 0.6 is 11.6 Å². The first-order valence-corrected chi connectivity index (χ1v) is 10.6. The van der Waals surface area contributed by atoms with Crippen molar-refractivity contribution >= 4 is 17.6 Å². The van der Waals surface area contributed by atoms with E-state index >= 15 is 0 Å². The van der Waals surface area contributed by atoms with E-state index in [2.05, 4.69) is 6.58 Å². The summed E-state index contributed by atoms with van der Waals surface area (Å²) in [7, 11) is 0. The van der Waals surface area contributed by atoms with Crippen molar-refractivity contribution in [2.24, 2.45) is 5.92 Å². The van der Waals surface area contributed by atoms with E-state index in [0.29, 0.717) is 22.6 Å². The molecule has 0 heterocycles. The first-order chi connectivity index (χ1) is 15.1. The topological polar surface area (TPSA) is 87.0 Å². The highest BCUT2D eigenvalue weighted by Gasteiger charge is 2.14. The lowest BCUT2D eigenvalue weighted by atomic mass is 9.96. The number of aliphatic hydroxyl groups excluding tert-OH is 1. The fourth-order valence-electron chi connectivity index (χ4n) is 2.99. The number of ether oxygens (including phenoxy) is 1. The van der Waals surface area contributed by atoms with Crippen LogP contribution in [-0.2, 0) is 6.42 Å². The molecular weight excluding hydrogens is 428 g/mol. The summed E-state index contributed by atoms with van der Waals surface area (Å²) in [5, 5.41) is 28.1. The Bertz CT molecular complexity index is 1020. The van der Waals surface area contributed by atoms with E-state index in [4.69, 9.17) is 21.4 Å². The molecule has 0 radical (unpaired) electrons. The summed E-state index contributed by atoms with van der Waals surface area (Å²) in [6.45, 7) is 13.1. The SMILES string of the molecule is C=C/C=C\[C@H](C)/C(=C/O)Oc1ccc(Cl)c(O)c1C.CCc1c(C(=O)O)ccc(C)c1C. The van der Waals surface area contributed by atoms with Gasteiger partial charge in [-0.2, -0.15) is 0 Å². The predicted octanol–water partition coefficient (Wildman–Crippen LogP) is 7.07. The molecule has 0 aliphatic heterocycles. The molecule has 172 valence electrons. The third-order valence-electron chi connectivity index (χ3n) is 5.13. The standard InChI is InChI=1S/C15H17ClO3.C11H14O2/c1-4-5-6-10(2)14(9-17)19-13-8-7-12(16)15(18)11(13)3;1-4-9-8(3)7(2)5-6-10(9)11(12)13/h4-10,17-18H,1H2,2-3H3;5-6H,4H2,1-3H3,(H,12,13)/b6-5-,14-9-;/t10-;/m0./s1. The predicted molar refractivity (Wildman–Crippen MR) is 130 cm³/mol. The molecule has 5 nitrogen and oxygen atoms in total. The van der Waals surface area contributed by atoms with E-state index < -0.39 is 5.97 Å². The zero-order valence-corrected chi connectivity index (χ0v) is 19.9. The van der Waals surface area contributed by atoms with Crippen molar-refractivity contribution in [1.82, 2.24) is 0 Å². The monoisotopic (exact) mass is 458 g/mol. The minimum absolute atomic E-state index is 0.0225. The van der Waals surface area contributed by atoms with E-state index in [9.17, 15) is 15.0 Å². The number of hydrogen-bond acceptors (Lipinski definition) is 4. The Morgan fingerprint density at radius 3 is 2.38 bits per heavy atom. The molecule has 3 N–H and O–H groups in total. The molecule has 0 amide bonds. The van der Waals surface area contributed by atoms with Gasteiger partial charge in [-0.25, -0.2) is 4.79 Å². The lowest BCUT2D eigenvalue weighted by Gasteiger charge is -2.15. The Kier molecular flexibility index (Phi) is 10.6. The molecule has 2 rings (SSSR count). The summed E-state index contributed by atoms with van der Waals surface area (Å²) in [6, 6.07) is 6.73. The molecule has 6 heteroatoms. The largest absolute Gasteiger partial charge is 0.512 e. The van der Waals surface area contributed by atoms with Crippen LogP contribution in [0.15, 0.2) is 61.1 Å². The maximum atomic E-state index is 10.8. The van der Waals surface area contributed by atoms with Crippen molar-refractivity contribution < 1.29 is 24.9 Å². The summed E-state index contributed by atoms with van der Waals surface area (Å²) in [5.41, 5.74) is 4.16. The third-order valence-corrected chi connectivity index (χ3v) is 5.43. The summed E-state index contributed by atoms with van der Waals surface area (Å²) >= 11 is 5.80. The molecule has 2 aromatic carbocycles. The van der Waals surface area contributed by atoms with Crippen LogP contribution in [0.1, 0.15) is 46.5 Å². The van der Waals surface area contributed by atoms with E-state index in [-0.39, 0.29) is 16.7 Å². The normalized spacial score (nSPS) is 12.1. The zero-order valence-electron chi connectivity index (χ0n) is 19.1. The maximum Gasteiger partial charge on any atom is 0.335 e. The lowest BCUT2D eigenvalue weighted by Crippen LogP contribution is -2.05. The van der Waals surface area contributed by atoms with Gasteiger partial charge in [0.25, 0.3) is 0 Å². The summed E-state index contributed by atoms with van der Waals surface area (Å²) in [6.07, 6.45) is 6.92. The van der Waals surface area contributed by atoms with Gasteiger partial charge in [-0.15, -0.1) is 0 Å². The molecule has 0 unspecified atom stereocenters. The second-order valence-corrected chi connectivity index (χ2v) is 7.66. The van der Waals surface area contributed by atoms with Gasteiger partial charge in [-0.1, -0.05) is 56.3 Å². The summed E-state index contributed by atoms with van der Waals surface area (Å²) in [4.78, 5) is 10.8. The second-order valence-electron chi connectivity index (χ2n) is 7.25. The molecule has 0 aliphatic carbocycles. The Labute approximate surface area is 194 Å². The van der Waals surface area contributed by atoms with Gasteiger partial charge in [0.15, 0.2) is 0 Å². The fourth-order valence-corrected chi connectivity index (χ4v) is 3.20. The molecule has 0 saturated carbocycles. The number of aromatic carboxylic acids is 1. The van der Waals surface area contributed by atoms with Crippen LogP contribution in [0.5, 0.6) is 11.5 Å².